The zero-order valence-corrected chi connectivity index (χ0v) is 14.0. The summed E-state index contributed by atoms with van der Waals surface area (Å²) in [7, 11) is -3.45. The second kappa shape index (κ2) is 6.10. The normalized spacial score (nSPS) is 21.8. The average molecular weight is 313 g/mol. The third-order valence-corrected chi connectivity index (χ3v) is 5.72. The quantitative estimate of drug-likeness (QED) is 0.845. The Bertz CT molecular complexity index is 590. The molecule has 0 spiro atoms. The van der Waals surface area contributed by atoms with Gasteiger partial charge in [0.15, 0.2) is 0 Å². The molecule has 1 aromatic heterocycles. The molecule has 0 aromatic carbocycles. The molecule has 6 heteroatoms. The smallest absolute Gasteiger partial charge is 0.242 e. The number of hydrogen-bond donors (Lipinski definition) is 2. The van der Waals surface area contributed by atoms with Gasteiger partial charge >= 0.3 is 0 Å². The Kier molecular flexibility index (Phi) is 4.80. The molecule has 0 aliphatic heterocycles. The van der Waals surface area contributed by atoms with Crippen LogP contribution in [0.15, 0.2) is 17.2 Å². The standard InChI is InChI=1S/C15H27N3O2S/c1-4-7-18-11-14(8-13(18)10-16)21(19,20)17-12-5-6-15(2,3)9-12/h8,11-12,17H,4-7,9-10,16H2,1-3H3. The Labute approximate surface area is 128 Å². The second-order valence-electron chi connectivity index (χ2n) is 6.79. The topological polar surface area (TPSA) is 77.1 Å². The highest BCUT2D eigenvalue weighted by Crippen LogP contribution is 2.37. The van der Waals surface area contributed by atoms with Crippen LogP contribution >= 0.6 is 0 Å². The van der Waals surface area contributed by atoms with Gasteiger partial charge in [-0.25, -0.2) is 13.1 Å². The summed E-state index contributed by atoms with van der Waals surface area (Å²) in [5.74, 6) is 0. The van der Waals surface area contributed by atoms with Gasteiger partial charge in [0.1, 0.15) is 0 Å². The fraction of sp³-hybridized carbons (Fsp3) is 0.733. The number of aromatic nitrogens is 1. The molecule has 1 heterocycles. The van der Waals surface area contributed by atoms with E-state index in [0.29, 0.717) is 11.4 Å². The maximum absolute atomic E-state index is 12.5. The zero-order chi connectivity index (χ0) is 15.7. The van der Waals surface area contributed by atoms with E-state index in [1.54, 1.807) is 12.3 Å². The van der Waals surface area contributed by atoms with Gasteiger partial charge in [-0.2, -0.15) is 0 Å². The number of nitrogens with zero attached hydrogens (tertiary/aromatic N) is 1. The summed E-state index contributed by atoms with van der Waals surface area (Å²) in [5, 5.41) is 0. The van der Waals surface area contributed by atoms with Gasteiger partial charge in [-0.1, -0.05) is 20.8 Å². The van der Waals surface area contributed by atoms with Gasteiger partial charge < -0.3 is 10.3 Å². The molecular formula is C15H27N3O2S. The van der Waals surface area contributed by atoms with E-state index in [1.807, 2.05) is 4.57 Å². The summed E-state index contributed by atoms with van der Waals surface area (Å²) in [6.45, 7) is 7.58. The van der Waals surface area contributed by atoms with E-state index in [-0.39, 0.29) is 11.5 Å². The summed E-state index contributed by atoms with van der Waals surface area (Å²) in [6.07, 6.45) is 5.52. The summed E-state index contributed by atoms with van der Waals surface area (Å²) in [4.78, 5) is 0.334. The van der Waals surface area contributed by atoms with Crippen LogP contribution in [-0.4, -0.2) is 19.0 Å². The van der Waals surface area contributed by atoms with Crippen molar-refractivity contribution in [3.05, 3.63) is 18.0 Å². The van der Waals surface area contributed by atoms with Crippen LogP contribution < -0.4 is 10.5 Å². The second-order valence-corrected chi connectivity index (χ2v) is 8.50. The molecule has 0 bridgehead atoms. The van der Waals surface area contributed by atoms with Crippen LogP contribution in [0.2, 0.25) is 0 Å². The van der Waals surface area contributed by atoms with Gasteiger partial charge in [-0.15, -0.1) is 0 Å². The lowest BCUT2D eigenvalue weighted by atomic mass is 9.92. The zero-order valence-electron chi connectivity index (χ0n) is 13.2. The van der Waals surface area contributed by atoms with E-state index in [9.17, 15) is 8.42 Å². The lowest BCUT2D eigenvalue weighted by Crippen LogP contribution is -2.33. The molecule has 1 aromatic rings. The molecule has 1 aliphatic carbocycles. The van der Waals surface area contributed by atoms with Crippen LogP contribution in [-0.2, 0) is 23.1 Å². The number of rotatable bonds is 6. The molecule has 1 atom stereocenters. The van der Waals surface area contributed by atoms with Gasteiger partial charge in [-0.3, -0.25) is 0 Å². The van der Waals surface area contributed by atoms with E-state index >= 15 is 0 Å². The first-order valence-electron chi connectivity index (χ1n) is 7.69. The lowest BCUT2D eigenvalue weighted by molar-refractivity contribution is 0.372. The summed E-state index contributed by atoms with van der Waals surface area (Å²) < 4.78 is 29.8. The van der Waals surface area contributed by atoms with Gasteiger partial charge in [0.05, 0.1) is 4.90 Å². The van der Waals surface area contributed by atoms with Crippen LogP contribution in [0.3, 0.4) is 0 Å². The van der Waals surface area contributed by atoms with E-state index in [4.69, 9.17) is 5.73 Å². The molecule has 1 saturated carbocycles. The van der Waals surface area contributed by atoms with Crippen molar-refractivity contribution in [3.8, 4) is 0 Å². The maximum atomic E-state index is 12.5. The Hall–Kier alpha value is -0.850. The number of nitrogens with two attached hydrogens (primary N) is 1. The monoisotopic (exact) mass is 313 g/mol. The average Bonchev–Trinajstić information content (AvgIpc) is 2.93. The number of hydrogen-bond acceptors (Lipinski definition) is 3. The predicted octanol–water partition coefficient (Wildman–Crippen LogP) is 2.21. The highest BCUT2D eigenvalue weighted by Gasteiger charge is 2.33. The number of sulfonamides is 1. The molecule has 120 valence electrons. The largest absolute Gasteiger partial charge is 0.349 e. The molecule has 5 nitrogen and oxygen atoms in total. The van der Waals surface area contributed by atoms with Crippen molar-refractivity contribution >= 4 is 10.0 Å². The molecule has 1 fully saturated rings. The van der Waals surface area contributed by atoms with E-state index in [0.717, 1.165) is 37.9 Å². The van der Waals surface area contributed by atoms with Crippen LogP contribution in [0.25, 0.3) is 0 Å². The third kappa shape index (κ3) is 3.87. The molecule has 21 heavy (non-hydrogen) atoms. The van der Waals surface area contributed by atoms with E-state index in [2.05, 4.69) is 25.5 Å². The van der Waals surface area contributed by atoms with Crippen molar-refractivity contribution in [2.24, 2.45) is 11.1 Å². The fourth-order valence-corrected chi connectivity index (χ4v) is 4.45. The summed E-state index contributed by atoms with van der Waals surface area (Å²) in [5.41, 5.74) is 6.79. The van der Waals surface area contributed by atoms with Crippen LogP contribution in [0.1, 0.15) is 52.1 Å². The van der Waals surface area contributed by atoms with Crippen molar-refractivity contribution in [1.82, 2.24) is 9.29 Å². The Morgan fingerprint density at radius 2 is 2.19 bits per heavy atom. The number of aryl methyl sites for hydroxylation is 1. The molecular weight excluding hydrogens is 286 g/mol. The first kappa shape index (κ1) is 16.5. The maximum Gasteiger partial charge on any atom is 0.242 e. The minimum atomic E-state index is -3.45. The highest BCUT2D eigenvalue weighted by atomic mass is 32.2. The first-order valence-corrected chi connectivity index (χ1v) is 9.17. The molecule has 0 saturated heterocycles. The van der Waals surface area contributed by atoms with Crippen molar-refractivity contribution in [2.45, 2.75) is 70.5 Å². The van der Waals surface area contributed by atoms with E-state index in [1.165, 1.54) is 0 Å². The van der Waals surface area contributed by atoms with Crippen LogP contribution in [0.5, 0.6) is 0 Å². The van der Waals surface area contributed by atoms with Crippen LogP contribution in [0, 0.1) is 5.41 Å². The van der Waals surface area contributed by atoms with Crippen molar-refractivity contribution < 1.29 is 8.42 Å². The minimum absolute atomic E-state index is 0.0425. The van der Waals surface area contributed by atoms with Gasteiger partial charge in [0, 0.05) is 31.0 Å². The molecule has 0 radical (unpaired) electrons. The van der Waals surface area contributed by atoms with Gasteiger partial charge in [0.25, 0.3) is 0 Å². The SMILES string of the molecule is CCCn1cc(S(=O)(=O)NC2CCC(C)(C)C2)cc1CN. The Balaban J connectivity index is 2.16. The van der Waals surface area contributed by atoms with Gasteiger partial charge in [0.2, 0.25) is 10.0 Å². The summed E-state index contributed by atoms with van der Waals surface area (Å²) >= 11 is 0. The van der Waals surface area contributed by atoms with Crippen molar-refractivity contribution in [1.29, 1.82) is 0 Å². The van der Waals surface area contributed by atoms with Crippen molar-refractivity contribution in [3.63, 3.8) is 0 Å². The fourth-order valence-electron chi connectivity index (χ4n) is 3.12. The van der Waals surface area contributed by atoms with Crippen molar-refractivity contribution in [2.75, 3.05) is 0 Å². The third-order valence-electron chi connectivity index (χ3n) is 4.24. The predicted molar refractivity (Wildman–Crippen MR) is 84.4 cm³/mol. The molecule has 1 unspecified atom stereocenters. The number of nitrogens with one attached hydrogen (secondary N) is 1. The molecule has 0 amide bonds. The Morgan fingerprint density at radius 1 is 1.48 bits per heavy atom. The molecule has 2 rings (SSSR count). The lowest BCUT2D eigenvalue weighted by Gasteiger charge is -2.17. The molecule has 3 N–H and O–H groups in total. The van der Waals surface area contributed by atoms with E-state index < -0.39 is 10.0 Å². The van der Waals surface area contributed by atoms with Gasteiger partial charge in [-0.05, 0) is 37.2 Å². The highest BCUT2D eigenvalue weighted by molar-refractivity contribution is 7.89. The van der Waals surface area contributed by atoms with Crippen LogP contribution in [0.4, 0.5) is 0 Å². The summed E-state index contributed by atoms with van der Waals surface area (Å²) in [6, 6.07) is 1.74. The Morgan fingerprint density at radius 3 is 2.71 bits per heavy atom. The molecule has 1 aliphatic rings. The minimum Gasteiger partial charge on any atom is -0.349 e. The first-order chi connectivity index (χ1) is 9.77.